The van der Waals surface area contributed by atoms with Crippen molar-refractivity contribution in [1.82, 2.24) is 15.5 Å². The molecule has 0 fully saturated rings. The zero-order chi connectivity index (χ0) is 19.3. The minimum atomic E-state index is -0.606. The second-order valence-electron chi connectivity index (χ2n) is 6.20. The Balaban J connectivity index is 1.41. The normalized spacial score (nSPS) is 12.0. The number of nitrogens with one attached hydrogen (secondary N) is 1. The molecule has 2 heterocycles. The Bertz CT molecular complexity index is 1070. The average molecular weight is 393 g/mol. The zero-order valence-corrected chi connectivity index (χ0v) is 16.1. The number of carbonyl (C=O) groups is 1. The minimum absolute atomic E-state index is 0.159. The standard InChI is InChI=1S/C21H19N3O3S/c1-2-16(26-17-10-5-8-14-7-3-4-9-15(14)17)21(25)22-13-19-23-20(24-27-19)18-11-6-12-28-18/h3-12,16H,2,13H2,1H3,(H,22,25)/t16-/m0/s1. The van der Waals surface area contributed by atoms with Gasteiger partial charge in [-0.2, -0.15) is 4.98 Å². The van der Waals surface area contributed by atoms with Crippen LogP contribution >= 0.6 is 11.3 Å². The predicted molar refractivity (Wildman–Crippen MR) is 108 cm³/mol. The van der Waals surface area contributed by atoms with E-state index in [2.05, 4.69) is 15.5 Å². The van der Waals surface area contributed by atoms with Crippen LogP contribution < -0.4 is 10.1 Å². The van der Waals surface area contributed by atoms with Gasteiger partial charge in [0.1, 0.15) is 5.75 Å². The molecule has 0 spiro atoms. The number of hydrogen-bond donors (Lipinski definition) is 1. The molecule has 0 aliphatic carbocycles. The first-order chi connectivity index (χ1) is 13.7. The van der Waals surface area contributed by atoms with Crippen LogP contribution in [0.25, 0.3) is 21.5 Å². The van der Waals surface area contributed by atoms with Crippen molar-refractivity contribution in [3.8, 4) is 16.5 Å². The fourth-order valence-corrected chi connectivity index (χ4v) is 3.53. The molecule has 2 aromatic carbocycles. The molecule has 4 aromatic rings. The molecule has 6 nitrogen and oxygen atoms in total. The smallest absolute Gasteiger partial charge is 0.261 e. The van der Waals surface area contributed by atoms with Gasteiger partial charge in [-0.25, -0.2) is 0 Å². The quantitative estimate of drug-likeness (QED) is 0.503. The second-order valence-corrected chi connectivity index (χ2v) is 7.15. The fourth-order valence-electron chi connectivity index (χ4n) is 2.88. The molecule has 4 rings (SSSR count). The third-order valence-corrected chi connectivity index (χ3v) is 5.17. The molecule has 0 saturated carbocycles. The number of thiophene rings is 1. The van der Waals surface area contributed by atoms with Gasteiger partial charge in [-0.15, -0.1) is 11.3 Å². The predicted octanol–water partition coefficient (Wildman–Crippen LogP) is 4.43. The summed E-state index contributed by atoms with van der Waals surface area (Å²) in [7, 11) is 0. The van der Waals surface area contributed by atoms with Crippen LogP contribution in [0.15, 0.2) is 64.5 Å². The molecule has 142 valence electrons. The molecule has 0 saturated heterocycles. The highest BCUT2D eigenvalue weighted by molar-refractivity contribution is 7.13. The van der Waals surface area contributed by atoms with Crippen molar-refractivity contribution in [3.63, 3.8) is 0 Å². The first-order valence-electron chi connectivity index (χ1n) is 9.03. The Morgan fingerprint density at radius 1 is 1.18 bits per heavy atom. The van der Waals surface area contributed by atoms with Gasteiger partial charge in [0.15, 0.2) is 6.10 Å². The van der Waals surface area contributed by atoms with Crippen molar-refractivity contribution in [2.45, 2.75) is 26.0 Å². The molecule has 1 N–H and O–H groups in total. The lowest BCUT2D eigenvalue weighted by Crippen LogP contribution is -2.37. The van der Waals surface area contributed by atoms with Crippen LogP contribution in [0.1, 0.15) is 19.2 Å². The Morgan fingerprint density at radius 3 is 2.86 bits per heavy atom. The molecule has 0 radical (unpaired) electrons. The number of hydrogen-bond acceptors (Lipinski definition) is 6. The number of amides is 1. The van der Waals surface area contributed by atoms with E-state index < -0.39 is 6.10 Å². The summed E-state index contributed by atoms with van der Waals surface area (Å²) >= 11 is 1.53. The van der Waals surface area contributed by atoms with Crippen molar-refractivity contribution in [1.29, 1.82) is 0 Å². The van der Waals surface area contributed by atoms with E-state index in [4.69, 9.17) is 9.26 Å². The number of nitrogens with zero attached hydrogens (tertiary/aromatic N) is 2. The van der Waals surface area contributed by atoms with Crippen LogP contribution in [0.4, 0.5) is 0 Å². The van der Waals surface area contributed by atoms with Gasteiger partial charge in [0.25, 0.3) is 5.91 Å². The molecule has 0 unspecified atom stereocenters. The number of ether oxygens (including phenoxy) is 1. The molecule has 1 amide bonds. The third kappa shape index (κ3) is 3.89. The number of carbonyl (C=O) groups excluding carboxylic acids is 1. The molecule has 2 aromatic heterocycles. The molecule has 7 heteroatoms. The van der Waals surface area contributed by atoms with E-state index in [1.54, 1.807) is 0 Å². The summed E-state index contributed by atoms with van der Waals surface area (Å²) in [4.78, 5) is 17.8. The van der Waals surface area contributed by atoms with Crippen LogP contribution in [-0.4, -0.2) is 22.2 Å². The summed E-state index contributed by atoms with van der Waals surface area (Å²) in [5.74, 6) is 1.36. The Labute approximate surface area is 166 Å². The fraction of sp³-hybridized carbons (Fsp3) is 0.190. The Hall–Kier alpha value is -3.19. The van der Waals surface area contributed by atoms with Gasteiger partial charge >= 0.3 is 0 Å². The van der Waals surface area contributed by atoms with E-state index >= 15 is 0 Å². The van der Waals surface area contributed by atoms with E-state index in [0.717, 1.165) is 15.6 Å². The zero-order valence-electron chi connectivity index (χ0n) is 15.3. The first-order valence-corrected chi connectivity index (χ1v) is 9.91. The van der Waals surface area contributed by atoms with E-state index in [-0.39, 0.29) is 12.5 Å². The van der Waals surface area contributed by atoms with Gasteiger partial charge in [-0.1, -0.05) is 54.5 Å². The van der Waals surface area contributed by atoms with Gasteiger partial charge in [-0.3, -0.25) is 4.79 Å². The van der Waals surface area contributed by atoms with E-state index in [1.165, 1.54) is 11.3 Å². The average Bonchev–Trinajstić information content (AvgIpc) is 3.42. The van der Waals surface area contributed by atoms with Gasteiger partial charge in [0, 0.05) is 5.39 Å². The van der Waals surface area contributed by atoms with Crippen molar-refractivity contribution in [2.75, 3.05) is 0 Å². The van der Waals surface area contributed by atoms with Crippen molar-refractivity contribution in [3.05, 3.63) is 65.9 Å². The largest absolute Gasteiger partial charge is 0.480 e. The molecule has 0 aliphatic heterocycles. The van der Waals surface area contributed by atoms with Gasteiger partial charge in [-0.05, 0) is 29.3 Å². The number of fused-ring (bicyclic) bond motifs is 1. The van der Waals surface area contributed by atoms with Crippen molar-refractivity contribution < 1.29 is 14.1 Å². The SMILES string of the molecule is CC[C@H](Oc1cccc2ccccc12)C(=O)NCc1nc(-c2cccs2)no1. The maximum Gasteiger partial charge on any atom is 0.261 e. The topological polar surface area (TPSA) is 77.2 Å². The van der Waals surface area contributed by atoms with Crippen LogP contribution in [0, 0.1) is 0 Å². The highest BCUT2D eigenvalue weighted by Gasteiger charge is 2.20. The van der Waals surface area contributed by atoms with Crippen molar-refractivity contribution in [2.24, 2.45) is 0 Å². The van der Waals surface area contributed by atoms with Crippen LogP contribution in [0.5, 0.6) is 5.75 Å². The number of aromatic nitrogens is 2. The lowest BCUT2D eigenvalue weighted by molar-refractivity contribution is -0.128. The number of benzene rings is 2. The van der Waals surface area contributed by atoms with Crippen LogP contribution in [0.3, 0.4) is 0 Å². The van der Waals surface area contributed by atoms with Crippen LogP contribution in [-0.2, 0) is 11.3 Å². The van der Waals surface area contributed by atoms with Crippen molar-refractivity contribution >= 4 is 28.0 Å². The minimum Gasteiger partial charge on any atom is -0.480 e. The summed E-state index contributed by atoms with van der Waals surface area (Å²) in [5.41, 5.74) is 0. The lowest BCUT2D eigenvalue weighted by atomic mass is 10.1. The summed E-state index contributed by atoms with van der Waals surface area (Å²) in [6.45, 7) is 2.07. The lowest BCUT2D eigenvalue weighted by Gasteiger charge is -2.18. The Kier molecular flexibility index (Phi) is 5.34. The summed E-state index contributed by atoms with van der Waals surface area (Å²) < 4.78 is 11.2. The molecule has 0 aliphatic rings. The van der Waals surface area contributed by atoms with E-state index in [0.29, 0.717) is 23.9 Å². The van der Waals surface area contributed by atoms with Crippen LogP contribution in [0.2, 0.25) is 0 Å². The van der Waals surface area contributed by atoms with Gasteiger partial charge in [0.05, 0.1) is 11.4 Å². The van der Waals surface area contributed by atoms with E-state index in [9.17, 15) is 4.79 Å². The van der Waals surface area contributed by atoms with Gasteiger partial charge in [0.2, 0.25) is 11.7 Å². The maximum absolute atomic E-state index is 12.6. The maximum atomic E-state index is 12.6. The first kappa shape index (κ1) is 18.2. The monoisotopic (exact) mass is 393 g/mol. The van der Waals surface area contributed by atoms with Gasteiger partial charge < -0.3 is 14.6 Å². The summed E-state index contributed by atoms with van der Waals surface area (Å²) in [6, 6.07) is 17.6. The molecule has 0 bridgehead atoms. The number of rotatable bonds is 7. The summed E-state index contributed by atoms with van der Waals surface area (Å²) in [6.07, 6.45) is -0.0650. The second kappa shape index (κ2) is 8.22. The van der Waals surface area contributed by atoms with E-state index in [1.807, 2.05) is 66.9 Å². The molecular formula is C21H19N3O3S. The molecular weight excluding hydrogens is 374 g/mol. The molecule has 28 heavy (non-hydrogen) atoms. The third-order valence-electron chi connectivity index (χ3n) is 4.31. The molecule has 1 atom stereocenters. The highest BCUT2D eigenvalue weighted by atomic mass is 32.1. The Morgan fingerprint density at radius 2 is 2.04 bits per heavy atom. The highest BCUT2D eigenvalue weighted by Crippen LogP contribution is 2.26. The summed E-state index contributed by atoms with van der Waals surface area (Å²) in [5, 5.41) is 10.8.